The first-order valence-corrected chi connectivity index (χ1v) is 10.6. The summed E-state index contributed by atoms with van der Waals surface area (Å²) < 4.78 is 1.64. The van der Waals surface area contributed by atoms with Crippen molar-refractivity contribution in [3.05, 3.63) is 51.6 Å². The summed E-state index contributed by atoms with van der Waals surface area (Å²) in [5.41, 5.74) is 6.07. The smallest absolute Gasteiger partial charge is 0.262 e. The Balaban J connectivity index is 1.85. The Kier molecular flexibility index (Phi) is 6.15. The van der Waals surface area contributed by atoms with Crippen molar-refractivity contribution in [2.75, 3.05) is 11.1 Å². The summed E-state index contributed by atoms with van der Waals surface area (Å²) >= 11 is 2.42. The van der Waals surface area contributed by atoms with E-state index in [0.29, 0.717) is 21.1 Å². The van der Waals surface area contributed by atoms with Crippen molar-refractivity contribution in [1.82, 2.24) is 9.55 Å². The van der Waals surface area contributed by atoms with E-state index in [9.17, 15) is 14.4 Å². The van der Waals surface area contributed by atoms with Crippen LogP contribution in [-0.2, 0) is 4.79 Å². The molecule has 0 aliphatic heterocycles. The van der Waals surface area contributed by atoms with E-state index in [2.05, 4.69) is 10.3 Å². The summed E-state index contributed by atoms with van der Waals surface area (Å²) in [6, 6.07) is 8.70. The van der Waals surface area contributed by atoms with Crippen LogP contribution in [0.5, 0.6) is 0 Å². The number of thiophene rings is 1. The van der Waals surface area contributed by atoms with Crippen molar-refractivity contribution >= 4 is 50.8 Å². The van der Waals surface area contributed by atoms with E-state index in [0.717, 1.165) is 6.42 Å². The van der Waals surface area contributed by atoms with Crippen LogP contribution in [0.15, 0.2) is 45.7 Å². The van der Waals surface area contributed by atoms with Crippen LogP contribution in [0.1, 0.15) is 36.7 Å². The van der Waals surface area contributed by atoms with Crippen molar-refractivity contribution in [3.63, 3.8) is 0 Å². The molecule has 0 saturated heterocycles. The Bertz CT molecular complexity index is 1090. The average molecular weight is 417 g/mol. The molecule has 0 saturated carbocycles. The van der Waals surface area contributed by atoms with Gasteiger partial charge < -0.3 is 11.1 Å². The summed E-state index contributed by atoms with van der Waals surface area (Å²) in [5.74, 6) is -0.837. The maximum atomic E-state index is 12.9. The molecular weight excluding hydrogens is 396 g/mol. The van der Waals surface area contributed by atoms with Gasteiger partial charge in [0.1, 0.15) is 5.00 Å². The molecule has 3 aromatic rings. The van der Waals surface area contributed by atoms with Crippen molar-refractivity contribution in [2.24, 2.45) is 5.73 Å². The number of aromatic nitrogens is 2. The number of hydrogen-bond acceptors (Lipinski definition) is 6. The Hall–Kier alpha value is -2.65. The quantitative estimate of drug-likeness (QED) is 0.454. The zero-order valence-electron chi connectivity index (χ0n) is 15.5. The van der Waals surface area contributed by atoms with Crippen LogP contribution in [-0.4, -0.2) is 27.1 Å². The Morgan fingerprint density at radius 3 is 2.79 bits per heavy atom. The fourth-order valence-electron chi connectivity index (χ4n) is 2.69. The Labute approximate surface area is 170 Å². The summed E-state index contributed by atoms with van der Waals surface area (Å²) in [7, 11) is 0. The highest BCUT2D eigenvalue weighted by atomic mass is 32.2. The number of hydrogen-bond donors (Lipinski definition) is 2. The molecule has 1 atom stereocenters. The molecule has 0 unspecified atom stereocenters. The number of thioether (sulfide) groups is 1. The normalized spacial score (nSPS) is 12.1. The maximum absolute atomic E-state index is 12.9. The van der Waals surface area contributed by atoms with Crippen LogP contribution >= 0.6 is 23.1 Å². The zero-order valence-corrected chi connectivity index (χ0v) is 17.1. The van der Waals surface area contributed by atoms with Gasteiger partial charge in [0.2, 0.25) is 5.91 Å². The third-order valence-corrected chi connectivity index (χ3v) is 6.11. The van der Waals surface area contributed by atoms with E-state index in [1.165, 1.54) is 23.1 Å². The number of fused-ring (bicyclic) bond motifs is 1. The van der Waals surface area contributed by atoms with Gasteiger partial charge in [-0.1, -0.05) is 30.8 Å². The lowest BCUT2D eigenvalue weighted by molar-refractivity contribution is -0.113. The molecule has 0 aliphatic carbocycles. The monoisotopic (exact) mass is 416 g/mol. The molecule has 0 fully saturated rings. The van der Waals surface area contributed by atoms with Gasteiger partial charge in [0.25, 0.3) is 11.5 Å². The van der Waals surface area contributed by atoms with Crippen LogP contribution in [0.25, 0.3) is 10.9 Å². The fraction of sp³-hybridized carbons (Fsp3) is 0.263. The van der Waals surface area contributed by atoms with Crippen LogP contribution in [0.3, 0.4) is 0 Å². The SMILES string of the molecule is CC[C@H](C)n1c(SCC(=O)Nc2sccc2C(N)=O)nc2ccccc2c1=O. The van der Waals surface area contributed by atoms with E-state index in [1.54, 1.807) is 28.1 Å². The summed E-state index contributed by atoms with van der Waals surface area (Å²) in [6.07, 6.45) is 0.761. The third-order valence-electron chi connectivity index (χ3n) is 4.32. The van der Waals surface area contributed by atoms with Crippen molar-refractivity contribution in [2.45, 2.75) is 31.5 Å². The highest BCUT2D eigenvalue weighted by Gasteiger charge is 2.18. The molecule has 0 spiro atoms. The number of anilines is 1. The van der Waals surface area contributed by atoms with Gasteiger partial charge in [-0.25, -0.2) is 4.98 Å². The van der Waals surface area contributed by atoms with Gasteiger partial charge in [-0.15, -0.1) is 11.3 Å². The number of nitrogens with two attached hydrogens (primary N) is 1. The molecule has 0 bridgehead atoms. The van der Waals surface area contributed by atoms with Crippen molar-refractivity contribution in [3.8, 4) is 0 Å². The molecule has 2 heterocycles. The number of para-hydroxylation sites is 1. The lowest BCUT2D eigenvalue weighted by atomic mass is 10.2. The molecular formula is C19H20N4O3S2. The van der Waals surface area contributed by atoms with Crippen LogP contribution in [0.2, 0.25) is 0 Å². The van der Waals surface area contributed by atoms with Gasteiger partial charge in [0.15, 0.2) is 5.16 Å². The minimum atomic E-state index is -0.592. The molecule has 28 heavy (non-hydrogen) atoms. The van der Waals surface area contributed by atoms with Gasteiger partial charge in [0.05, 0.1) is 22.2 Å². The maximum Gasteiger partial charge on any atom is 0.262 e. The summed E-state index contributed by atoms with van der Waals surface area (Å²) in [4.78, 5) is 41.3. The Morgan fingerprint density at radius 1 is 1.32 bits per heavy atom. The van der Waals surface area contributed by atoms with Crippen LogP contribution in [0, 0.1) is 0 Å². The number of rotatable bonds is 7. The minimum absolute atomic E-state index is 0.0473. The number of amides is 2. The highest BCUT2D eigenvalue weighted by molar-refractivity contribution is 7.99. The standard InChI is InChI=1S/C19H20N4O3S2/c1-3-11(2)23-18(26)12-6-4-5-7-14(12)21-19(23)28-10-15(24)22-17-13(16(20)25)8-9-27-17/h4-9,11H,3,10H2,1-2H3,(H2,20,25)(H,22,24)/t11-/m0/s1. The molecule has 0 aliphatic rings. The van der Waals surface area contributed by atoms with Crippen LogP contribution in [0.4, 0.5) is 5.00 Å². The van der Waals surface area contributed by atoms with Gasteiger partial charge in [-0.05, 0) is 36.9 Å². The number of benzene rings is 1. The predicted molar refractivity (Wildman–Crippen MR) is 113 cm³/mol. The number of primary amides is 1. The fourth-order valence-corrected chi connectivity index (χ4v) is 4.40. The first-order chi connectivity index (χ1) is 13.4. The molecule has 2 aromatic heterocycles. The number of carbonyl (C=O) groups excluding carboxylic acids is 2. The minimum Gasteiger partial charge on any atom is -0.366 e. The van der Waals surface area contributed by atoms with Gasteiger partial charge in [-0.3, -0.25) is 19.0 Å². The third kappa shape index (κ3) is 4.10. The van der Waals surface area contributed by atoms with Crippen molar-refractivity contribution in [1.29, 1.82) is 0 Å². The molecule has 0 radical (unpaired) electrons. The number of carbonyl (C=O) groups is 2. The van der Waals surface area contributed by atoms with Gasteiger partial charge >= 0.3 is 0 Å². The van der Waals surface area contributed by atoms with E-state index in [4.69, 9.17) is 5.73 Å². The lowest BCUT2D eigenvalue weighted by Crippen LogP contribution is -2.26. The topological polar surface area (TPSA) is 107 Å². The largest absolute Gasteiger partial charge is 0.366 e. The van der Waals surface area contributed by atoms with Crippen LogP contribution < -0.4 is 16.6 Å². The number of nitrogens with zero attached hydrogens (tertiary/aromatic N) is 2. The second-order valence-corrected chi connectivity index (χ2v) is 8.07. The average Bonchev–Trinajstić information content (AvgIpc) is 3.14. The molecule has 146 valence electrons. The van der Waals surface area contributed by atoms with E-state index in [1.807, 2.05) is 26.0 Å². The zero-order chi connectivity index (χ0) is 20.3. The predicted octanol–water partition coefficient (Wildman–Crippen LogP) is 3.26. The van der Waals surface area contributed by atoms with E-state index in [-0.39, 0.29) is 28.8 Å². The van der Waals surface area contributed by atoms with E-state index < -0.39 is 5.91 Å². The van der Waals surface area contributed by atoms with Gasteiger partial charge in [-0.2, -0.15) is 0 Å². The molecule has 2 amide bonds. The molecule has 1 aromatic carbocycles. The van der Waals surface area contributed by atoms with E-state index >= 15 is 0 Å². The highest BCUT2D eigenvalue weighted by Crippen LogP contribution is 2.25. The second-order valence-electron chi connectivity index (χ2n) is 6.21. The summed E-state index contributed by atoms with van der Waals surface area (Å²) in [6.45, 7) is 3.95. The second kappa shape index (κ2) is 8.57. The van der Waals surface area contributed by atoms with Crippen molar-refractivity contribution < 1.29 is 9.59 Å². The Morgan fingerprint density at radius 2 is 2.07 bits per heavy atom. The molecule has 3 rings (SSSR count). The lowest BCUT2D eigenvalue weighted by Gasteiger charge is -2.18. The van der Waals surface area contributed by atoms with Gasteiger partial charge in [0, 0.05) is 6.04 Å². The molecule has 9 heteroatoms. The molecule has 7 nitrogen and oxygen atoms in total. The first kappa shape index (κ1) is 20.1. The first-order valence-electron chi connectivity index (χ1n) is 8.73. The number of nitrogens with one attached hydrogen (secondary N) is 1. The summed E-state index contributed by atoms with van der Waals surface area (Å²) in [5, 5.41) is 5.86. The molecule has 3 N–H and O–H groups in total.